The predicted octanol–water partition coefficient (Wildman–Crippen LogP) is 2.63. The van der Waals surface area contributed by atoms with Crippen LogP contribution in [0.5, 0.6) is 0 Å². The second kappa shape index (κ2) is 7.05. The van der Waals surface area contributed by atoms with Crippen LogP contribution in [0.4, 0.5) is 5.95 Å². The van der Waals surface area contributed by atoms with Gasteiger partial charge in [-0.15, -0.1) is 5.10 Å². The van der Waals surface area contributed by atoms with Crippen LogP contribution in [0.2, 0.25) is 5.15 Å². The molecule has 2 fully saturated rings. The highest BCUT2D eigenvalue weighted by Crippen LogP contribution is 2.37. The van der Waals surface area contributed by atoms with Gasteiger partial charge in [0.2, 0.25) is 5.95 Å². The second-order valence-corrected chi connectivity index (χ2v) is 7.51. The fourth-order valence-electron chi connectivity index (χ4n) is 3.96. The lowest BCUT2D eigenvalue weighted by molar-refractivity contribution is -0.0136. The zero-order chi connectivity index (χ0) is 17.4. The Morgan fingerprint density at radius 2 is 2.16 bits per heavy atom. The first-order chi connectivity index (χ1) is 12.1. The first-order valence-electron chi connectivity index (χ1n) is 9.07. The lowest BCUT2D eigenvalue weighted by Crippen LogP contribution is -2.42. The molecule has 4 rings (SSSR count). The molecular formula is C17H24ClN5O2. The molecule has 0 amide bonds. The molecule has 1 aliphatic carbocycles. The number of aliphatic hydroxyl groups excluding tert-OH is 1. The van der Waals surface area contributed by atoms with Crippen LogP contribution in [-0.4, -0.2) is 50.0 Å². The van der Waals surface area contributed by atoms with Crippen molar-refractivity contribution < 1.29 is 9.84 Å². The summed E-state index contributed by atoms with van der Waals surface area (Å²) in [5.74, 6) is 2.31. The third-order valence-corrected chi connectivity index (χ3v) is 5.81. The number of anilines is 1. The molecule has 2 N–H and O–H groups in total. The van der Waals surface area contributed by atoms with Gasteiger partial charge in [-0.2, -0.15) is 0 Å². The van der Waals surface area contributed by atoms with E-state index in [4.69, 9.17) is 16.3 Å². The van der Waals surface area contributed by atoms with Crippen LogP contribution in [0, 0.1) is 5.92 Å². The molecule has 1 saturated carbocycles. The first kappa shape index (κ1) is 17.0. The summed E-state index contributed by atoms with van der Waals surface area (Å²) in [7, 11) is 0. The monoisotopic (exact) mass is 365 g/mol. The molecule has 0 spiro atoms. The molecule has 2 aliphatic rings. The second-order valence-electron chi connectivity index (χ2n) is 7.15. The molecule has 8 heteroatoms. The molecule has 0 radical (unpaired) electrons. The Bertz CT molecular complexity index is 746. The standard InChI is InChI=1S/C17H24ClN5O2/c1-10(11-4-2-3-5-11)16-21-15(18)13-8-19-17(22-23(13)16)20-12-6-7-25-9-14(12)24/h8,10-12,14,24H,2-7,9H2,1H3,(H,20,22). The maximum absolute atomic E-state index is 10.1. The summed E-state index contributed by atoms with van der Waals surface area (Å²) in [5, 5.41) is 18.3. The van der Waals surface area contributed by atoms with Crippen LogP contribution < -0.4 is 5.32 Å². The van der Waals surface area contributed by atoms with Gasteiger partial charge < -0.3 is 15.2 Å². The van der Waals surface area contributed by atoms with Crippen molar-refractivity contribution in [3.63, 3.8) is 0 Å². The molecular weight excluding hydrogens is 342 g/mol. The number of nitrogens with zero attached hydrogens (tertiary/aromatic N) is 4. The fraction of sp³-hybridized carbons (Fsp3) is 0.706. The topological polar surface area (TPSA) is 84.6 Å². The van der Waals surface area contributed by atoms with Gasteiger partial charge in [0.25, 0.3) is 0 Å². The molecule has 7 nitrogen and oxygen atoms in total. The Kier molecular flexibility index (Phi) is 4.80. The van der Waals surface area contributed by atoms with Gasteiger partial charge in [-0.3, -0.25) is 0 Å². The summed E-state index contributed by atoms with van der Waals surface area (Å²) in [6.45, 7) is 3.16. The molecule has 1 saturated heterocycles. The van der Waals surface area contributed by atoms with Crippen molar-refractivity contribution in [2.24, 2.45) is 5.92 Å². The molecule has 2 aromatic heterocycles. The number of hydrogen-bond donors (Lipinski definition) is 2. The van der Waals surface area contributed by atoms with E-state index in [2.05, 4.69) is 27.3 Å². The van der Waals surface area contributed by atoms with Gasteiger partial charge in [0, 0.05) is 12.5 Å². The first-order valence-corrected chi connectivity index (χ1v) is 9.45. The van der Waals surface area contributed by atoms with Crippen molar-refractivity contribution in [2.45, 2.75) is 57.1 Å². The van der Waals surface area contributed by atoms with E-state index in [1.807, 2.05) is 4.52 Å². The van der Waals surface area contributed by atoms with E-state index in [1.54, 1.807) is 6.20 Å². The molecule has 1 aliphatic heterocycles. The predicted molar refractivity (Wildman–Crippen MR) is 95.0 cm³/mol. The SMILES string of the molecule is CC(c1nc(Cl)c2cnc(NC3CCOCC3O)nn12)C1CCCC1. The van der Waals surface area contributed by atoms with Crippen LogP contribution >= 0.6 is 11.6 Å². The zero-order valence-electron chi connectivity index (χ0n) is 14.4. The summed E-state index contributed by atoms with van der Waals surface area (Å²) >= 11 is 6.31. The highest BCUT2D eigenvalue weighted by molar-refractivity contribution is 6.32. The van der Waals surface area contributed by atoms with Gasteiger partial charge in [-0.25, -0.2) is 14.5 Å². The maximum Gasteiger partial charge on any atom is 0.241 e. The minimum Gasteiger partial charge on any atom is -0.389 e. The summed E-state index contributed by atoms with van der Waals surface area (Å²) in [6, 6.07) is -0.110. The average molecular weight is 366 g/mol. The van der Waals surface area contributed by atoms with E-state index in [0.29, 0.717) is 36.2 Å². The maximum atomic E-state index is 10.1. The molecule has 136 valence electrons. The molecule has 0 bridgehead atoms. The van der Waals surface area contributed by atoms with Gasteiger partial charge in [0.15, 0.2) is 5.15 Å². The van der Waals surface area contributed by atoms with Crippen LogP contribution in [0.15, 0.2) is 6.20 Å². The lowest BCUT2D eigenvalue weighted by atomic mass is 9.92. The number of ether oxygens (including phenoxy) is 1. The van der Waals surface area contributed by atoms with E-state index in [-0.39, 0.29) is 6.04 Å². The van der Waals surface area contributed by atoms with Gasteiger partial charge in [-0.1, -0.05) is 31.4 Å². The summed E-state index contributed by atoms with van der Waals surface area (Å²) in [5.41, 5.74) is 0.722. The Morgan fingerprint density at radius 1 is 1.36 bits per heavy atom. The molecule has 25 heavy (non-hydrogen) atoms. The normalized spacial score (nSPS) is 26.2. The molecule has 3 heterocycles. The van der Waals surface area contributed by atoms with Gasteiger partial charge in [0.05, 0.1) is 24.9 Å². The van der Waals surface area contributed by atoms with Crippen LogP contribution in [0.1, 0.15) is 50.8 Å². The average Bonchev–Trinajstić information content (AvgIpc) is 3.25. The smallest absolute Gasteiger partial charge is 0.241 e. The van der Waals surface area contributed by atoms with Crippen molar-refractivity contribution in [1.29, 1.82) is 0 Å². The highest BCUT2D eigenvalue weighted by Gasteiger charge is 2.28. The molecule has 3 unspecified atom stereocenters. The van der Waals surface area contributed by atoms with Gasteiger partial charge >= 0.3 is 0 Å². The number of halogens is 1. The van der Waals surface area contributed by atoms with Gasteiger partial charge in [-0.05, 0) is 25.2 Å². The number of imidazole rings is 1. The van der Waals surface area contributed by atoms with Crippen molar-refractivity contribution in [3.8, 4) is 0 Å². The van der Waals surface area contributed by atoms with E-state index < -0.39 is 6.10 Å². The van der Waals surface area contributed by atoms with E-state index >= 15 is 0 Å². The van der Waals surface area contributed by atoms with Crippen molar-refractivity contribution >= 4 is 23.1 Å². The van der Waals surface area contributed by atoms with Gasteiger partial charge in [0.1, 0.15) is 11.3 Å². The third-order valence-electron chi connectivity index (χ3n) is 5.53. The Balaban J connectivity index is 1.63. The zero-order valence-corrected chi connectivity index (χ0v) is 15.1. The largest absolute Gasteiger partial charge is 0.389 e. The number of aromatic nitrogens is 4. The number of nitrogens with one attached hydrogen (secondary N) is 1. The van der Waals surface area contributed by atoms with Crippen molar-refractivity contribution in [2.75, 3.05) is 18.5 Å². The Hall–Kier alpha value is -1.44. The van der Waals surface area contributed by atoms with Crippen LogP contribution in [0.3, 0.4) is 0 Å². The van der Waals surface area contributed by atoms with Crippen molar-refractivity contribution in [1.82, 2.24) is 19.6 Å². The van der Waals surface area contributed by atoms with Crippen molar-refractivity contribution in [3.05, 3.63) is 17.2 Å². The Morgan fingerprint density at radius 3 is 2.92 bits per heavy atom. The minimum atomic E-state index is -0.559. The molecule has 0 aromatic carbocycles. The van der Waals surface area contributed by atoms with Crippen LogP contribution in [0.25, 0.3) is 5.52 Å². The quantitative estimate of drug-likeness (QED) is 0.866. The van der Waals surface area contributed by atoms with E-state index in [9.17, 15) is 5.11 Å². The highest BCUT2D eigenvalue weighted by atomic mass is 35.5. The summed E-state index contributed by atoms with van der Waals surface area (Å²) in [4.78, 5) is 8.91. The minimum absolute atomic E-state index is 0.110. The molecule has 3 atom stereocenters. The number of rotatable bonds is 4. The fourth-order valence-corrected chi connectivity index (χ4v) is 4.17. The summed E-state index contributed by atoms with van der Waals surface area (Å²) < 4.78 is 7.08. The van der Waals surface area contributed by atoms with E-state index in [1.165, 1.54) is 25.7 Å². The van der Waals surface area contributed by atoms with Crippen LogP contribution in [-0.2, 0) is 4.74 Å². The number of fused-ring (bicyclic) bond motifs is 1. The molecule has 2 aromatic rings. The van der Waals surface area contributed by atoms with E-state index in [0.717, 1.165) is 17.8 Å². The lowest BCUT2D eigenvalue weighted by Gasteiger charge is -2.28. The number of aliphatic hydroxyl groups is 1. The Labute approximate surface area is 151 Å². The third kappa shape index (κ3) is 3.32. The number of hydrogen-bond acceptors (Lipinski definition) is 6. The summed E-state index contributed by atoms with van der Waals surface area (Å²) in [6.07, 6.45) is 6.90.